The first-order valence-corrected chi connectivity index (χ1v) is 8.81. The van der Waals surface area contributed by atoms with E-state index in [1.807, 2.05) is 6.92 Å². The Morgan fingerprint density at radius 3 is 2.92 bits per heavy atom. The number of hydrogen-bond acceptors (Lipinski definition) is 3. The third kappa shape index (κ3) is 5.18. The molecule has 8 heteroatoms. The minimum absolute atomic E-state index is 0. The second-order valence-corrected chi connectivity index (χ2v) is 6.63. The fourth-order valence-corrected chi connectivity index (χ4v) is 3.41. The highest BCUT2D eigenvalue weighted by molar-refractivity contribution is 14.0. The molecule has 0 aromatic heterocycles. The van der Waals surface area contributed by atoms with Crippen molar-refractivity contribution >= 4 is 29.9 Å². The van der Waals surface area contributed by atoms with Crippen molar-refractivity contribution in [2.75, 3.05) is 46.0 Å². The Labute approximate surface area is 170 Å². The van der Waals surface area contributed by atoms with Gasteiger partial charge in [-0.1, -0.05) is 0 Å². The molecule has 1 aromatic rings. The number of rotatable bonds is 5. The van der Waals surface area contributed by atoms with E-state index in [0.29, 0.717) is 6.54 Å². The van der Waals surface area contributed by atoms with E-state index in [2.05, 4.69) is 15.2 Å². The average molecular weight is 481 g/mol. The maximum atomic E-state index is 13.5. The smallest absolute Gasteiger partial charge is 0.194 e. The van der Waals surface area contributed by atoms with Crippen LogP contribution in [-0.4, -0.2) is 56.9 Å². The zero-order valence-corrected chi connectivity index (χ0v) is 17.3. The number of ether oxygens (including phenoxy) is 2. The number of aliphatic imine (C=N–C) groups is 1. The lowest BCUT2D eigenvalue weighted by atomic mass is 9.87. The zero-order valence-electron chi connectivity index (χ0n) is 15.0. The average Bonchev–Trinajstić information content (AvgIpc) is 3.22. The first kappa shape index (κ1) is 21.1. The quantitative estimate of drug-likeness (QED) is 0.304. The first-order valence-electron chi connectivity index (χ1n) is 8.81. The van der Waals surface area contributed by atoms with Crippen LogP contribution in [0.4, 0.5) is 8.78 Å². The molecule has 3 rings (SSSR count). The summed E-state index contributed by atoms with van der Waals surface area (Å²) in [5, 5.41) is 3.30. The molecule has 2 fully saturated rings. The molecule has 0 saturated carbocycles. The van der Waals surface area contributed by atoms with Crippen LogP contribution in [-0.2, 0) is 4.74 Å². The number of hydrogen-bond donors (Lipinski definition) is 1. The molecule has 0 amide bonds. The largest absolute Gasteiger partial charge is 0.489 e. The molecule has 1 aromatic carbocycles. The molecule has 2 heterocycles. The van der Waals surface area contributed by atoms with E-state index in [9.17, 15) is 8.78 Å². The van der Waals surface area contributed by atoms with Gasteiger partial charge in [0.15, 0.2) is 17.5 Å². The summed E-state index contributed by atoms with van der Waals surface area (Å²) < 4.78 is 37.4. The summed E-state index contributed by atoms with van der Waals surface area (Å²) in [5.41, 5.74) is 0.268. The van der Waals surface area contributed by atoms with Gasteiger partial charge in [-0.3, -0.25) is 0 Å². The number of nitrogens with zero attached hydrogens (tertiary/aromatic N) is 2. The van der Waals surface area contributed by atoms with Gasteiger partial charge in [-0.15, -0.1) is 24.0 Å². The summed E-state index contributed by atoms with van der Waals surface area (Å²) in [4.78, 5) is 6.84. The lowest BCUT2D eigenvalue weighted by molar-refractivity contribution is 0.156. The second-order valence-electron chi connectivity index (χ2n) is 6.63. The van der Waals surface area contributed by atoms with Gasteiger partial charge < -0.3 is 19.7 Å². The second kappa shape index (κ2) is 9.68. The van der Waals surface area contributed by atoms with E-state index in [1.165, 1.54) is 12.1 Å². The van der Waals surface area contributed by atoms with Gasteiger partial charge in [0, 0.05) is 37.7 Å². The van der Waals surface area contributed by atoms with Gasteiger partial charge >= 0.3 is 0 Å². The molecular weight excluding hydrogens is 455 g/mol. The van der Waals surface area contributed by atoms with Gasteiger partial charge in [0.1, 0.15) is 12.4 Å². The summed E-state index contributed by atoms with van der Waals surface area (Å²) in [6.45, 7) is 7.04. The van der Waals surface area contributed by atoms with E-state index in [-0.39, 0.29) is 41.7 Å². The Kier molecular flexibility index (Phi) is 7.87. The molecule has 146 valence electrons. The lowest BCUT2D eigenvalue weighted by Crippen LogP contribution is -2.41. The van der Waals surface area contributed by atoms with Gasteiger partial charge in [0.25, 0.3) is 0 Å². The number of benzene rings is 1. The maximum Gasteiger partial charge on any atom is 0.194 e. The van der Waals surface area contributed by atoms with Crippen LogP contribution in [0.3, 0.4) is 0 Å². The van der Waals surface area contributed by atoms with Crippen LogP contribution in [0.2, 0.25) is 0 Å². The van der Waals surface area contributed by atoms with Crippen molar-refractivity contribution in [3.8, 4) is 5.75 Å². The van der Waals surface area contributed by atoms with Crippen molar-refractivity contribution in [3.63, 3.8) is 0 Å². The fraction of sp³-hybridized carbons (Fsp3) is 0.611. The molecule has 1 unspecified atom stereocenters. The third-order valence-electron chi connectivity index (χ3n) is 4.76. The topological polar surface area (TPSA) is 46.1 Å². The van der Waals surface area contributed by atoms with Crippen LogP contribution in [0.5, 0.6) is 5.75 Å². The Morgan fingerprint density at radius 2 is 2.23 bits per heavy atom. The molecule has 26 heavy (non-hydrogen) atoms. The van der Waals surface area contributed by atoms with Crippen molar-refractivity contribution < 1.29 is 18.3 Å². The minimum atomic E-state index is -0.696. The van der Waals surface area contributed by atoms with Crippen molar-refractivity contribution in [2.24, 2.45) is 10.4 Å². The van der Waals surface area contributed by atoms with Crippen molar-refractivity contribution in [2.45, 2.75) is 19.8 Å². The van der Waals surface area contributed by atoms with Crippen molar-refractivity contribution in [3.05, 3.63) is 29.8 Å². The number of halogens is 3. The highest BCUT2D eigenvalue weighted by Gasteiger charge is 2.42. The van der Waals surface area contributed by atoms with Crippen LogP contribution >= 0.6 is 24.0 Å². The SMILES string of the molecule is CCNC(=NCCOc1ccc(F)cc1F)N1CCC2(CCOC2)C1.I. The van der Waals surface area contributed by atoms with Crippen LogP contribution in [0.25, 0.3) is 0 Å². The van der Waals surface area contributed by atoms with Crippen LogP contribution in [0, 0.1) is 17.0 Å². The Hall–Kier alpha value is -1.16. The molecule has 0 bridgehead atoms. The molecule has 0 aliphatic carbocycles. The lowest BCUT2D eigenvalue weighted by Gasteiger charge is -2.25. The number of likely N-dealkylation sites (tertiary alicyclic amines) is 1. The highest BCUT2D eigenvalue weighted by Crippen LogP contribution is 2.38. The van der Waals surface area contributed by atoms with Gasteiger partial charge in [-0.05, 0) is 31.9 Å². The van der Waals surface area contributed by atoms with Crippen LogP contribution in [0.15, 0.2) is 23.2 Å². The van der Waals surface area contributed by atoms with E-state index in [0.717, 1.165) is 57.7 Å². The minimum Gasteiger partial charge on any atom is -0.489 e. The highest BCUT2D eigenvalue weighted by atomic mass is 127. The number of guanidine groups is 1. The molecule has 2 saturated heterocycles. The van der Waals surface area contributed by atoms with Gasteiger partial charge in [-0.2, -0.15) is 0 Å². The predicted octanol–water partition coefficient (Wildman–Crippen LogP) is 3.04. The van der Waals surface area contributed by atoms with Crippen molar-refractivity contribution in [1.82, 2.24) is 10.2 Å². The zero-order chi connectivity index (χ0) is 17.7. The molecular formula is C18H26F2IN3O2. The summed E-state index contributed by atoms with van der Waals surface area (Å²) in [5.74, 6) is -0.408. The fourth-order valence-electron chi connectivity index (χ4n) is 3.41. The van der Waals surface area contributed by atoms with E-state index in [1.54, 1.807) is 0 Å². The monoisotopic (exact) mass is 481 g/mol. The van der Waals surface area contributed by atoms with E-state index in [4.69, 9.17) is 9.47 Å². The predicted molar refractivity (Wildman–Crippen MR) is 107 cm³/mol. The molecule has 5 nitrogen and oxygen atoms in total. The van der Waals surface area contributed by atoms with Crippen molar-refractivity contribution in [1.29, 1.82) is 0 Å². The third-order valence-corrected chi connectivity index (χ3v) is 4.76. The van der Waals surface area contributed by atoms with E-state index < -0.39 is 11.6 Å². The van der Waals surface area contributed by atoms with Crippen LogP contribution < -0.4 is 10.1 Å². The van der Waals surface area contributed by atoms with Gasteiger partial charge in [0.2, 0.25) is 0 Å². The molecule has 1 N–H and O–H groups in total. The Bertz CT molecular complexity index is 624. The normalized spacial score (nSPS) is 22.6. The summed E-state index contributed by atoms with van der Waals surface area (Å²) in [6, 6.07) is 3.29. The Morgan fingerprint density at radius 1 is 1.38 bits per heavy atom. The number of nitrogens with one attached hydrogen (secondary N) is 1. The molecule has 1 spiro atoms. The molecule has 0 radical (unpaired) electrons. The van der Waals surface area contributed by atoms with E-state index >= 15 is 0 Å². The molecule has 2 aliphatic heterocycles. The summed E-state index contributed by atoms with van der Waals surface area (Å²) in [6.07, 6.45) is 2.23. The summed E-state index contributed by atoms with van der Waals surface area (Å²) in [7, 11) is 0. The Balaban J connectivity index is 0.00000243. The van der Waals surface area contributed by atoms with Gasteiger partial charge in [0.05, 0.1) is 13.2 Å². The molecule has 2 aliphatic rings. The molecule has 1 atom stereocenters. The first-order chi connectivity index (χ1) is 12.1. The van der Waals surface area contributed by atoms with Crippen LogP contribution in [0.1, 0.15) is 19.8 Å². The standard InChI is InChI=1S/C18H25F2N3O2.HI/c1-2-21-17(23-8-5-18(12-23)6-9-24-13-18)22-7-10-25-16-4-3-14(19)11-15(16)20;/h3-4,11H,2,5-10,12-13H2,1H3,(H,21,22);1H. The van der Waals surface area contributed by atoms with Gasteiger partial charge in [-0.25, -0.2) is 13.8 Å². The maximum absolute atomic E-state index is 13.5. The summed E-state index contributed by atoms with van der Waals surface area (Å²) >= 11 is 0.